The molecule has 2 nitrogen and oxygen atoms in total. The lowest BCUT2D eigenvalue weighted by Crippen LogP contribution is -2.33. The molecule has 0 radical (unpaired) electrons. The van der Waals surface area contributed by atoms with E-state index in [1.165, 1.54) is 44.1 Å². The molecule has 1 saturated carbocycles. The Morgan fingerprint density at radius 2 is 2.14 bits per heavy atom. The van der Waals surface area contributed by atoms with E-state index in [1.54, 1.807) is 5.56 Å². The van der Waals surface area contributed by atoms with Crippen molar-refractivity contribution in [3.8, 4) is 0 Å². The molecule has 2 aliphatic heterocycles. The Balaban J connectivity index is 1.58. The molecule has 2 saturated heterocycles. The van der Waals surface area contributed by atoms with Crippen LogP contribution in [-0.2, 0) is 4.74 Å². The highest BCUT2D eigenvalue weighted by Crippen LogP contribution is 2.45. The van der Waals surface area contributed by atoms with Crippen LogP contribution in [0.1, 0.15) is 68.5 Å². The topological polar surface area (TPSA) is 21.3 Å². The largest absolute Gasteiger partial charge is 0.375 e. The van der Waals surface area contributed by atoms with Crippen LogP contribution in [0.5, 0.6) is 0 Å². The first-order chi connectivity index (χ1) is 10.3. The zero-order chi connectivity index (χ0) is 14.2. The van der Waals surface area contributed by atoms with E-state index >= 15 is 0 Å². The van der Waals surface area contributed by atoms with E-state index in [4.69, 9.17) is 4.74 Å². The quantitative estimate of drug-likeness (QED) is 0.876. The average Bonchev–Trinajstić information content (AvgIpc) is 3.06. The summed E-state index contributed by atoms with van der Waals surface area (Å²) in [5.74, 6) is 1.49. The Kier molecular flexibility index (Phi) is 3.76. The minimum Gasteiger partial charge on any atom is -0.375 e. The highest BCUT2D eigenvalue weighted by Gasteiger charge is 2.44. The Labute approximate surface area is 128 Å². The van der Waals surface area contributed by atoms with Crippen molar-refractivity contribution in [2.75, 3.05) is 6.54 Å². The minimum atomic E-state index is 0.477. The van der Waals surface area contributed by atoms with Gasteiger partial charge in [0.15, 0.2) is 0 Å². The molecule has 1 N–H and O–H groups in total. The first-order valence-electron chi connectivity index (χ1n) is 8.84. The number of ether oxygens (including phenoxy) is 1. The van der Waals surface area contributed by atoms with Gasteiger partial charge in [0, 0.05) is 12.0 Å². The second kappa shape index (κ2) is 5.73. The maximum absolute atomic E-state index is 6.10. The molecule has 3 fully saturated rings. The van der Waals surface area contributed by atoms with Crippen molar-refractivity contribution in [1.82, 2.24) is 5.32 Å². The van der Waals surface area contributed by atoms with Gasteiger partial charge in [0.05, 0.1) is 12.2 Å². The standard InChI is InChI=1S/C19H27NO/c1-2-20-19(17-12-16-9-10-18(17)21-16)15-8-4-7-14(11-15)13-5-3-6-13/h4,7-8,11,13,16-20H,2-3,5-6,9-10,12H2,1H3. The van der Waals surface area contributed by atoms with Crippen LogP contribution in [0.2, 0.25) is 0 Å². The van der Waals surface area contributed by atoms with Gasteiger partial charge in [0.1, 0.15) is 0 Å². The third kappa shape index (κ3) is 2.53. The van der Waals surface area contributed by atoms with E-state index in [0.717, 1.165) is 12.5 Å². The number of rotatable bonds is 5. The molecule has 1 aromatic rings. The molecule has 2 heterocycles. The highest BCUT2D eigenvalue weighted by molar-refractivity contribution is 5.30. The maximum atomic E-state index is 6.10. The predicted molar refractivity (Wildman–Crippen MR) is 85.5 cm³/mol. The van der Waals surface area contributed by atoms with Gasteiger partial charge in [-0.05, 0) is 55.7 Å². The van der Waals surface area contributed by atoms with E-state index in [9.17, 15) is 0 Å². The fourth-order valence-electron chi connectivity index (χ4n) is 4.51. The monoisotopic (exact) mass is 285 g/mol. The molecule has 0 spiro atoms. The van der Waals surface area contributed by atoms with Gasteiger partial charge in [-0.1, -0.05) is 37.6 Å². The molecule has 114 valence electrons. The third-order valence-corrected chi connectivity index (χ3v) is 5.85. The van der Waals surface area contributed by atoms with Crippen molar-refractivity contribution in [2.45, 2.75) is 69.6 Å². The van der Waals surface area contributed by atoms with Crippen LogP contribution >= 0.6 is 0 Å². The van der Waals surface area contributed by atoms with Crippen LogP contribution in [0.4, 0.5) is 0 Å². The molecule has 0 amide bonds. The Bertz CT molecular complexity index is 496. The second-order valence-corrected chi connectivity index (χ2v) is 7.11. The van der Waals surface area contributed by atoms with Crippen LogP contribution in [0.25, 0.3) is 0 Å². The number of fused-ring (bicyclic) bond motifs is 2. The molecule has 3 aliphatic rings. The summed E-state index contributed by atoms with van der Waals surface area (Å²) in [7, 11) is 0. The van der Waals surface area contributed by atoms with E-state index < -0.39 is 0 Å². The van der Waals surface area contributed by atoms with Crippen LogP contribution in [-0.4, -0.2) is 18.8 Å². The lowest BCUT2D eigenvalue weighted by atomic mass is 9.77. The molecule has 1 aliphatic carbocycles. The van der Waals surface area contributed by atoms with Crippen LogP contribution in [0.3, 0.4) is 0 Å². The fourth-order valence-corrected chi connectivity index (χ4v) is 4.51. The number of hydrogen-bond donors (Lipinski definition) is 1. The molecule has 21 heavy (non-hydrogen) atoms. The van der Waals surface area contributed by atoms with Gasteiger partial charge < -0.3 is 10.1 Å². The summed E-state index contributed by atoms with van der Waals surface area (Å²) in [6, 6.07) is 9.87. The predicted octanol–water partition coefficient (Wildman–Crippen LogP) is 4.17. The summed E-state index contributed by atoms with van der Waals surface area (Å²) in [6.07, 6.45) is 8.99. The summed E-state index contributed by atoms with van der Waals surface area (Å²) in [5.41, 5.74) is 3.05. The van der Waals surface area contributed by atoms with Gasteiger partial charge in [-0.2, -0.15) is 0 Å². The lowest BCUT2D eigenvalue weighted by molar-refractivity contribution is 0.0858. The molecule has 2 bridgehead atoms. The molecule has 4 unspecified atom stereocenters. The van der Waals surface area contributed by atoms with Crippen molar-refractivity contribution in [1.29, 1.82) is 0 Å². The van der Waals surface area contributed by atoms with Crippen LogP contribution < -0.4 is 5.32 Å². The highest BCUT2D eigenvalue weighted by atomic mass is 16.5. The first kappa shape index (κ1) is 13.8. The van der Waals surface area contributed by atoms with E-state index in [1.807, 2.05) is 0 Å². The van der Waals surface area contributed by atoms with Crippen molar-refractivity contribution >= 4 is 0 Å². The summed E-state index contributed by atoms with van der Waals surface area (Å²) >= 11 is 0. The SMILES string of the molecule is CCNC(c1cccc(C2CCC2)c1)C1CC2CCC1O2. The van der Waals surface area contributed by atoms with E-state index in [-0.39, 0.29) is 0 Å². The Morgan fingerprint density at radius 1 is 1.24 bits per heavy atom. The van der Waals surface area contributed by atoms with Gasteiger partial charge >= 0.3 is 0 Å². The fraction of sp³-hybridized carbons (Fsp3) is 0.684. The molecule has 1 aromatic carbocycles. The number of hydrogen-bond acceptors (Lipinski definition) is 2. The van der Waals surface area contributed by atoms with Crippen molar-refractivity contribution in [3.05, 3.63) is 35.4 Å². The maximum Gasteiger partial charge on any atom is 0.0627 e. The normalized spacial score (nSPS) is 33.1. The summed E-state index contributed by atoms with van der Waals surface area (Å²) in [4.78, 5) is 0. The zero-order valence-corrected chi connectivity index (χ0v) is 13.1. The zero-order valence-electron chi connectivity index (χ0n) is 13.1. The van der Waals surface area contributed by atoms with E-state index in [2.05, 4.69) is 36.5 Å². The molecule has 4 atom stereocenters. The van der Waals surface area contributed by atoms with Crippen molar-refractivity contribution < 1.29 is 4.74 Å². The van der Waals surface area contributed by atoms with Crippen molar-refractivity contribution in [3.63, 3.8) is 0 Å². The second-order valence-electron chi connectivity index (χ2n) is 7.11. The van der Waals surface area contributed by atoms with Crippen molar-refractivity contribution in [2.24, 2.45) is 5.92 Å². The molecule has 2 heteroatoms. The number of benzene rings is 1. The molecule has 0 aromatic heterocycles. The molecular formula is C19H27NO. The van der Waals surface area contributed by atoms with Gasteiger partial charge in [-0.3, -0.25) is 0 Å². The van der Waals surface area contributed by atoms with Crippen LogP contribution in [0.15, 0.2) is 24.3 Å². The Hall–Kier alpha value is -0.860. The van der Waals surface area contributed by atoms with Crippen LogP contribution in [0, 0.1) is 5.92 Å². The summed E-state index contributed by atoms with van der Waals surface area (Å²) < 4.78 is 6.10. The van der Waals surface area contributed by atoms with E-state index in [0.29, 0.717) is 24.2 Å². The number of nitrogens with one attached hydrogen (secondary N) is 1. The summed E-state index contributed by atoms with van der Waals surface area (Å²) in [5, 5.41) is 3.75. The third-order valence-electron chi connectivity index (χ3n) is 5.85. The Morgan fingerprint density at radius 3 is 2.76 bits per heavy atom. The van der Waals surface area contributed by atoms with Gasteiger partial charge in [0.2, 0.25) is 0 Å². The van der Waals surface area contributed by atoms with Gasteiger partial charge in [-0.25, -0.2) is 0 Å². The molecular weight excluding hydrogens is 258 g/mol. The summed E-state index contributed by atoms with van der Waals surface area (Å²) in [6.45, 7) is 3.25. The molecule has 4 rings (SSSR count). The van der Waals surface area contributed by atoms with Gasteiger partial charge in [0.25, 0.3) is 0 Å². The minimum absolute atomic E-state index is 0.477. The average molecular weight is 285 g/mol. The van der Waals surface area contributed by atoms with Gasteiger partial charge in [-0.15, -0.1) is 0 Å². The lowest BCUT2D eigenvalue weighted by Gasteiger charge is -2.31. The smallest absolute Gasteiger partial charge is 0.0627 e. The first-order valence-corrected chi connectivity index (χ1v) is 8.84.